The van der Waals surface area contributed by atoms with Crippen molar-refractivity contribution in [3.63, 3.8) is 0 Å². The summed E-state index contributed by atoms with van der Waals surface area (Å²) < 4.78 is 5.90. The van der Waals surface area contributed by atoms with E-state index in [0.717, 1.165) is 18.4 Å². The second-order valence-electron chi connectivity index (χ2n) is 4.64. The van der Waals surface area contributed by atoms with Crippen molar-refractivity contribution < 1.29 is 9.84 Å². The zero-order valence-corrected chi connectivity index (χ0v) is 10.0. The number of hydrogen-bond donors (Lipinski definition) is 2. The van der Waals surface area contributed by atoms with E-state index in [1.807, 2.05) is 12.1 Å². The minimum Gasteiger partial charge on any atom is -0.474 e. The van der Waals surface area contributed by atoms with E-state index < -0.39 is 0 Å². The number of aromatic nitrogens is 1. The van der Waals surface area contributed by atoms with Crippen molar-refractivity contribution in [3.8, 4) is 5.88 Å². The van der Waals surface area contributed by atoms with Crippen molar-refractivity contribution in [2.45, 2.75) is 44.2 Å². The number of nitrogens with zero attached hydrogens (tertiary/aromatic N) is 1. The van der Waals surface area contributed by atoms with E-state index >= 15 is 0 Å². The molecule has 17 heavy (non-hydrogen) atoms. The molecule has 1 atom stereocenters. The second kappa shape index (κ2) is 5.98. The topological polar surface area (TPSA) is 68.4 Å². The van der Waals surface area contributed by atoms with Gasteiger partial charge in [0.1, 0.15) is 6.10 Å². The molecular weight excluding hydrogens is 216 g/mol. The molecule has 1 heterocycles. The fourth-order valence-electron chi connectivity index (χ4n) is 2.20. The highest BCUT2D eigenvalue weighted by Crippen LogP contribution is 2.25. The van der Waals surface area contributed by atoms with E-state index in [2.05, 4.69) is 4.98 Å². The Morgan fingerprint density at radius 3 is 2.94 bits per heavy atom. The maximum absolute atomic E-state index is 8.98. The Balaban J connectivity index is 2.04. The minimum atomic E-state index is -0.245. The maximum atomic E-state index is 8.98. The first-order chi connectivity index (χ1) is 8.29. The average molecular weight is 236 g/mol. The first-order valence-corrected chi connectivity index (χ1v) is 6.26. The summed E-state index contributed by atoms with van der Waals surface area (Å²) in [5.74, 6) is 0.684. The summed E-state index contributed by atoms with van der Waals surface area (Å²) in [6, 6.07) is 3.60. The number of aliphatic hydroxyl groups is 1. The summed E-state index contributed by atoms with van der Waals surface area (Å²) in [5.41, 5.74) is 6.74. The summed E-state index contributed by atoms with van der Waals surface area (Å²) in [6.07, 6.45) is 7.34. The molecule has 1 aromatic rings. The summed E-state index contributed by atoms with van der Waals surface area (Å²) in [6.45, 7) is -0.0161. The molecule has 0 radical (unpaired) electrons. The lowest BCUT2D eigenvalue weighted by atomic mass is 10.1. The van der Waals surface area contributed by atoms with Gasteiger partial charge in [0.15, 0.2) is 0 Å². The number of nitrogens with two attached hydrogens (primary N) is 1. The molecule has 0 aromatic carbocycles. The third-order valence-electron chi connectivity index (χ3n) is 3.15. The van der Waals surface area contributed by atoms with Crippen LogP contribution in [0, 0.1) is 0 Å². The fraction of sp³-hybridized carbons (Fsp3) is 0.615. The zero-order chi connectivity index (χ0) is 12.1. The molecular formula is C13H20N2O2. The molecule has 1 aliphatic carbocycles. The van der Waals surface area contributed by atoms with Crippen molar-refractivity contribution in [3.05, 3.63) is 23.9 Å². The van der Waals surface area contributed by atoms with Crippen LogP contribution in [0.15, 0.2) is 18.3 Å². The number of rotatable bonds is 5. The molecule has 1 aromatic heterocycles. The smallest absolute Gasteiger partial charge is 0.216 e. The lowest BCUT2D eigenvalue weighted by Crippen LogP contribution is -2.27. The molecule has 0 aliphatic heterocycles. The van der Waals surface area contributed by atoms with Crippen molar-refractivity contribution in [1.82, 2.24) is 4.98 Å². The molecule has 4 heteroatoms. The number of hydrogen-bond acceptors (Lipinski definition) is 4. The van der Waals surface area contributed by atoms with E-state index in [9.17, 15) is 0 Å². The van der Waals surface area contributed by atoms with Gasteiger partial charge in [0.2, 0.25) is 5.88 Å². The van der Waals surface area contributed by atoms with Crippen LogP contribution in [0.25, 0.3) is 0 Å². The van der Waals surface area contributed by atoms with E-state index in [0.29, 0.717) is 18.4 Å². The third-order valence-corrected chi connectivity index (χ3v) is 3.15. The number of ether oxygens (including phenoxy) is 1. The quantitative estimate of drug-likeness (QED) is 0.807. The standard InChI is InChI=1S/C13H20N2O2/c14-11(9-16)8-10-4-3-7-15-13(10)17-12-5-1-2-6-12/h3-4,7,11-12,16H,1-2,5-6,8-9,14H2. The SMILES string of the molecule is NC(CO)Cc1cccnc1OC1CCCC1. The van der Waals surface area contributed by atoms with Crippen LogP contribution < -0.4 is 10.5 Å². The van der Waals surface area contributed by atoms with Gasteiger partial charge in [0.25, 0.3) is 0 Å². The van der Waals surface area contributed by atoms with Crippen LogP contribution in [0.5, 0.6) is 5.88 Å². The summed E-state index contributed by atoms with van der Waals surface area (Å²) >= 11 is 0. The lowest BCUT2D eigenvalue weighted by molar-refractivity contribution is 0.198. The molecule has 0 amide bonds. The molecule has 2 rings (SSSR count). The fourth-order valence-corrected chi connectivity index (χ4v) is 2.20. The molecule has 94 valence electrons. The predicted molar refractivity (Wildman–Crippen MR) is 65.9 cm³/mol. The van der Waals surface area contributed by atoms with Crippen LogP contribution in [0.2, 0.25) is 0 Å². The number of aliphatic hydroxyl groups excluding tert-OH is 1. The second-order valence-corrected chi connectivity index (χ2v) is 4.64. The van der Waals surface area contributed by atoms with Crippen molar-refractivity contribution >= 4 is 0 Å². The predicted octanol–water partition coefficient (Wildman–Crippen LogP) is 1.27. The van der Waals surface area contributed by atoms with Crippen molar-refractivity contribution in [2.75, 3.05) is 6.61 Å². The molecule has 1 aliphatic rings. The van der Waals surface area contributed by atoms with E-state index in [1.165, 1.54) is 12.8 Å². The number of pyridine rings is 1. The van der Waals surface area contributed by atoms with Crippen LogP contribution in [-0.4, -0.2) is 28.8 Å². The van der Waals surface area contributed by atoms with Crippen LogP contribution >= 0.6 is 0 Å². The van der Waals surface area contributed by atoms with Gasteiger partial charge in [0, 0.05) is 17.8 Å². The first-order valence-electron chi connectivity index (χ1n) is 6.26. The summed E-state index contributed by atoms with van der Waals surface area (Å²) in [7, 11) is 0. The Labute approximate surface area is 102 Å². The minimum absolute atomic E-state index is 0.0161. The molecule has 0 saturated heterocycles. The van der Waals surface area contributed by atoms with Gasteiger partial charge in [-0.3, -0.25) is 0 Å². The van der Waals surface area contributed by atoms with E-state index in [-0.39, 0.29) is 12.6 Å². The van der Waals surface area contributed by atoms with Gasteiger partial charge in [0.05, 0.1) is 6.61 Å². The third kappa shape index (κ3) is 3.41. The summed E-state index contributed by atoms with van der Waals surface area (Å²) in [5, 5.41) is 8.98. The average Bonchev–Trinajstić information content (AvgIpc) is 2.84. The molecule has 0 spiro atoms. The van der Waals surface area contributed by atoms with Gasteiger partial charge in [-0.2, -0.15) is 0 Å². The van der Waals surface area contributed by atoms with Gasteiger partial charge in [-0.15, -0.1) is 0 Å². The maximum Gasteiger partial charge on any atom is 0.216 e. The molecule has 3 N–H and O–H groups in total. The zero-order valence-electron chi connectivity index (χ0n) is 10.0. The monoisotopic (exact) mass is 236 g/mol. The Morgan fingerprint density at radius 2 is 2.24 bits per heavy atom. The Bertz CT molecular complexity index is 351. The van der Waals surface area contributed by atoms with Gasteiger partial charge in [-0.05, 0) is 38.2 Å². The van der Waals surface area contributed by atoms with Gasteiger partial charge >= 0.3 is 0 Å². The summed E-state index contributed by atoms with van der Waals surface area (Å²) in [4.78, 5) is 4.27. The molecule has 4 nitrogen and oxygen atoms in total. The largest absolute Gasteiger partial charge is 0.474 e. The Hall–Kier alpha value is -1.13. The highest BCUT2D eigenvalue weighted by atomic mass is 16.5. The molecule has 1 unspecified atom stereocenters. The highest BCUT2D eigenvalue weighted by Gasteiger charge is 2.19. The molecule has 1 fully saturated rings. The Morgan fingerprint density at radius 1 is 1.47 bits per heavy atom. The van der Waals surface area contributed by atoms with Crippen LogP contribution in [-0.2, 0) is 6.42 Å². The van der Waals surface area contributed by atoms with Crippen LogP contribution in [0.1, 0.15) is 31.2 Å². The molecule has 0 bridgehead atoms. The van der Waals surface area contributed by atoms with Gasteiger partial charge in [-0.1, -0.05) is 6.07 Å². The van der Waals surface area contributed by atoms with Crippen molar-refractivity contribution in [2.24, 2.45) is 5.73 Å². The lowest BCUT2D eigenvalue weighted by Gasteiger charge is -2.16. The first kappa shape index (κ1) is 12.3. The van der Waals surface area contributed by atoms with Crippen LogP contribution in [0.3, 0.4) is 0 Å². The van der Waals surface area contributed by atoms with Crippen molar-refractivity contribution in [1.29, 1.82) is 0 Å². The molecule has 1 saturated carbocycles. The van der Waals surface area contributed by atoms with Gasteiger partial charge < -0.3 is 15.6 Å². The van der Waals surface area contributed by atoms with Crippen LogP contribution in [0.4, 0.5) is 0 Å². The normalized spacial score (nSPS) is 18.2. The highest BCUT2D eigenvalue weighted by molar-refractivity contribution is 5.26. The van der Waals surface area contributed by atoms with E-state index in [4.69, 9.17) is 15.6 Å². The van der Waals surface area contributed by atoms with Gasteiger partial charge in [-0.25, -0.2) is 4.98 Å². The Kier molecular flexibility index (Phi) is 4.34. The van der Waals surface area contributed by atoms with E-state index in [1.54, 1.807) is 6.20 Å².